The minimum atomic E-state index is -1.76. The lowest BCUT2D eigenvalue weighted by Crippen LogP contribution is -2.63. The molecule has 6 rings (SSSR count). The Bertz CT molecular complexity index is 2300. The van der Waals surface area contributed by atoms with E-state index in [1.165, 1.54) is 0 Å². The van der Waals surface area contributed by atoms with Gasteiger partial charge in [-0.2, -0.15) is 0 Å². The monoisotopic (exact) mass is 840 g/mol. The van der Waals surface area contributed by atoms with Crippen molar-refractivity contribution in [2.45, 2.75) is 97.4 Å². The normalized spacial score (nSPS) is 18.2. The zero-order chi connectivity index (χ0) is 44.2. The molecule has 0 aromatic heterocycles. The Morgan fingerprint density at radius 3 is 0.968 bits per heavy atom. The average molecular weight is 841 g/mol. The van der Waals surface area contributed by atoms with Gasteiger partial charge in [0.25, 0.3) is 0 Å². The summed E-state index contributed by atoms with van der Waals surface area (Å²) in [4.78, 5) is 69.6. The highest BCUT2D eigenvalue weighted by Gasteiger charge is 2.54. The number of aryl methyl sites for hydroxylation is 5. The Balaban J connectivity index is 1.43. The maximum absolute atomic E-state index is 14.1. The molecule has 62 heavy (non-hydrogen) atoms. The summed E-state index contributed by atoms with van der Waals surface area (Å²) in [5, 5.41) is 0. The zero-order valence-corrected chi connectivity index (χ0v) is 35.7. The van der Waals surface area contributed by atoms with Gasteiger partial charge in [0.15, 0.2) is 12.2 Å². The standard InChI is InChI=1S/C51H52O11/c1-6-32-11-21-37(22-12-32)46(52)57-31-42-43(59-47(53)38-23-13-33(7-2)14-24-38)44(60-48(54)39-25-15-34(8-3)16-26-39)45(61-49(55)40-27-17-35(9-4)18-28-40)51(58-42)62-50(56)41-29-19-36(10-5)20-30-41/h11-30,42-45,51H,6-10,31H2,1-5H3/t42-,43-,44+,45-,51-/m0/s1. The first-order valence-electron chi connectivity index (χ1n) is 21.1. The molecule has 0 bridgehead atoms. The Kier molecular flexibility index (Phi) is 15.4. The number of hydrogen-bond donors (Lipinski definition) is 0. The minimum absolute atomic E-state index is 0.150. The van der Waals surface area contributed by atoms with Crippen molar-refractivity contribution in [1.29, 1.82) is 0 Å². The van der Waals surface area contributed by atoms with E-state index in [2.05, 4.69) is 0 Å². The predicted octanol–water partition coefficient (Wildman–Crippen LogP) is 8.91. The third kappa shape index (κ3) is 11.2. The van der Waals surface area contributed by atoms with Crippen LogP contribution in [0.2, 0.25) is 0 Å². The number of ether oxygens (including phenoxy) is 6. The van der Waals surface area contributed by atoms with Gasteiger partial charge >= 0.3 is 29.8 Å². The molecular formula is C51H52O11. The van der Waals surface area contributed by atoms with Crippen LogP contribution >= 0.6 is 0 Å². The van der Waals surface area contributed by atoms with Crippen molar-refractivity contribution in [3.8, 4) is 0 Å². The topological polar surface area (TPSA) is 141 Å². The van der Waals surface area contributed by atoms with Gasteiger partial charge in [-0.3, -0.25) is 0 Å². The van der Waals surface area contributed by atoms with Crippen LogP contribution in [0.25, 0.3) is 0 Å². The van der Waals surface area contributed by atoms with Gasteiger partial charge in [-0.1, -0.05) is 95.3 Å². The molecule has 0 unspecified atom stereocenters. The molecule has 0 radical (unpaired) electrons. The fourth-order valence-corrected chi connectivity index (χ4v) is 6.88. The summed E-state index contributed by atoms with van der Waals surface area (Å²) in [5.41, 5.74) is 5.81. The van der Waals surface area contributed by atoms with Gasteiger partial charge in [0.05, 0.1) is 27.8 Å². The lowest BCUT2D eigenvalue weighted by atomic mass is 9.97. The van der Waals surface area contributed by atoms with Crippen LogP contribution in [0.15, 0.2) is 121 Å². The molecule has 0 spiro atoms. The van der Waals surface area contributed by atoms with Gasteiger partial charge < -0.3 is 28.4 Å². The van der Waals surface area contributed by atoms with E-state index in [9.17, 15) is 24.0 Å². The molecule has 5 aromatic rings. The molecule has 322 valence electrons. The molecule has 0 aliphatic carbocycles. The quantitative estimate of drug-likeness (QED) is 0.0695. The van der Waals surface area contributed by atoms with Crippen molar-refractivity contribution in [1.82, 2.24) is 0 Å². The molecule has 0 N–H and O–H groups in total. The molecule has 0 saturated carbocycles. The predicted molar refractivity (Wildman–Crippen MR) is 231 cm³/mol. The van der Waals surface area contributed by atoms with Crippen molar-refractivity contribution >= 4 is 29.8 Å². The molecule has 1 aliphatic rings. The highest BCUT2D eigenvalue weighted by molar-refractivity contribution is 5.92. The van der Waals surface area contributed by atoms with Gasteiger partial charge in [-0.25, -0.2) is 24.0 Å². The van der Waals surface area contributed by atoms with E-state index >= 15 is 0 Å². The summed E-state index contributed by atoms with van der Waals surface area (Å²) >= 11 is 0. The van der Waals surface area contributed by atoms with E-state index in [1.807, 2.05) is 46.8 Å². The summed E-state index contributed by atoms with van der Waals surface area (Å²) in [6, 6.07) is 33.8. The summed E-state index contributed by atoms with van der Waals surface area (Å²) in [6.07, 6.45) is -4.47. The van der Waals surface area contributed by atoms with Crippen LogP contribution in [0.5, 0.6) is 0 Å². The SMILES string of the molecule is CCc1ccc(C(=O)OC[C@@H]2O[C@@H](OC(=O)c3ccc(CC)cc3)[C@@H](OC(=O)c3ccc(CC)cc3)[C@H](OC(=O)c3ccc(CC)cc3)[C@H]2OC(=O)c2ccc(CC)cc2)cc1. The second kappa shape index (κ2) is 21.3. The highest BCUT2D eigenvalue weighted by atomic mass is 16.7. The molecule has 1 aliphatic heterocycles. The Morgan fingerprint density at radius 1 is 0.371 bits per heavy atom. The van der Waals surface area contributed by atoms with Crippen LogP contribution in [-0.2, 0) is 60.5 Å². The Morgan fingerprint density at radius 2 is 0.645 bits per heavy atom. The lowest BCUT2D eigenvalue weighted by molar-refractivity contribution is -0.282. The van der Waals surface area contributed by atoms with E-state index < -0.39 is 67.2 Å². The number of carbonyl (C=O) groups is 5. The van der Waals surface area contributed by atoms with Crippen molar-refractivity contribution in [2.24, 2.45) is 0 Å². The van der Waals surface area contributed by atoms with Crippen molar-refractivity contribution in [2.75, 3.05) is 6.61 Å². The van der Waals surface area contributed by atoms with Crippen LogP contribution in [0, 0.1) is 0 Å². The summed E-state index contributed by atoms with van der Waals surface area (Å²) < 4.78 is 36.7. The summed E-state index contributed by atoms with van der Waals surface area (Å²) in [7, 11) is 0. The number of esters is 5. The zero-order valence-electron chi connectivity index (χ0n) is 35.7. The van der Waals surface area contributed by atoms with Gasteiger partial charge in [0.2, 0.25) is 12.4 Å². The molecule has 1 heterocycles. The van der Waals surface area contributed by atoms with Crippen molar-refractivity contribution in [3.05, 3.63) is 177 Å². The first-order chi connectivity index (χ1) is 30.0. The van der Waals surface area contributed by atoms with Crippen LogP contribution in [-0.4, -0.2) is 67.2 Å². The third-order valence-electron chi connectivity index (χ3n) is 10.9. The molecule has 1 fully saturated rings. The molecule has 1 saturated heterocycles. The fraction of sp³-hybridized carbons (Fsp3) is 0.314. The van der Waals surface area contributed by atoms with Gasteiger partial charge in [0, 0.05) is 0 Å². The van der Waals surface area contributed by atoms with Crippen LogP contribution in [0.4, 0.5) is 0 Å². The maximum atomic E-state index is 14.1. The van der Waals surface area contributed by atoms with Crippen LogP contribution in [0.3, 0.4) is 0 Å². The van der Waals surface area contributed by atoms with E-state index in [1.54, 1.807) is 109 Å². The Labute approximate surface area is 362 Å². The third-order valence-corrected chi connectivity index (χ3v) is 10.9. The average Bonchev–Trinajstić information content (AvgIpc) is 3.32. The number of rotatable bonds is 16. The van der Waals surface area contributed by atoms with Gasteiger partial charge in [0.1, 0.15) is 12.7 Å². The maximum Gasteiger partial charge on any atom is 0.340 e. The molecule has 0 amide bonds. The van der Waals surface area contributed by atoms with E-state index in [0.717, 1.165) is 59.9 Å². The molecule has 5 aromatic carbocycles. The van der Waals surface area contributed by atoms with E-state index in [0.29, 0.717) is 0 Å². The largest absolute Gasteiger partial charge is 0.459 e. The molecule has 5 atom stereocenters. The van der Waals surface area contributed by atoms with E-state index in [4.69, 9.17) is 28.4 Å². The first-order valence-corrected chi connectivity index (χ1v) is 21.1. The molecule has 11 nitrogen and oxygen atoms in total. The van der Waals surface area contributed by atoms with Crippen molar-refractivity contribution in [3.63, 3.8) is 0 Å². The second-order valence-corrected chi connectivity index (χ2v) is 14.9. The Hall–Kier alpha value is -6.59. The number of benzene rings is 5. The minimum Gasteiger partial charge on any atom is -0.459 e. The smallest absolute Gasteiger partial charge is 0.340 e. The van der Waals surface area contributed by atoms with Gasteiger partial charge in [-0.15, -0.1) is 0 Å². The molecular weight excluding hydrogens is 789 g/mol. The first kappa shape index (κ1) is 44.9. The van der Waals surface area contributed by atoms with Gasteiger partial charge in [-0.05, 0) is 121 Å². The van der Waals surface area contributed by atoms with Crippen LogP contribution < -0.4 is 0 Å². The lowest BCUT2D eigenvalue weighted by Gasteiger charge is -2.43. The summed E-state index contributed by atoms with van der Waals surface area (Å²) in [5.74, 6) is -4.09. The number of carbonyl (C=O) groups excluding carboxylic acids is 5. The van der Waals surface area contributed by atoms with Crippen LogP contribution in [0.1, 0.15) is 114 Å². The summed E-state index contributed by atoms with van der Waals surface area (Å²) in [6.45, 7) is 9.35. The second-order valence-electron chi connectivity index (χ2n) is 14.9. The van der Waals surface area contributed by atoms with Crippen molar-refractivity contribution < 1.29 is 52.4 Å². The fourth-order valence-electron chi connectivity index (χ4n) is 6.88. The molecule has 11 heteroatoms. The highest BCUT2D eigenvalue weighted by Crippen LogP contribution is 2.32. The number of hydrogen-bond acceptors (Lipinski definition) is 11. The van der Waals surface area contributed by atoms with E-state index in [-0.39, 0.29) is 27.8 Å².